The summed E-state index contributed by atoms with van der Waals surface area (Å²) in [5.41, 5.74) is -3.66. The molecular formula is C18H25F3N2O4S. The van der Waals surface area contributed by atoms with Gasteiger partial charge in [0.1, 0.15) is 0 Å². The first-order valence-electron chi connectivity index (χ1n) is 9.00. The minimum atomic E-state index is -5.02. The Morgan fingerprint density at radius 1 is 1.21 bits per heavy atom. The summed E-state index contributed by atoms with van der Waals surface area (Å²) in [5.74, 6) is -0.860. The number of alkyl halides is 3. The summed E-state index contributed by atoms with van der Waals surface area (Å²) in [6.07, 6.45) is -5.47. The molecule has 1 aromatic carbocycles. The van der Waals surface area contributed by atoms with E-state index in [1.54, 1.807) is 0 Å². The van der Waals surface area contributed by atoms with E-state index in [4.69, 9.17) is 0 Å². The van der Waals surface area contributed by atoms with Crippen molar-refractivity contribution in [1.29, 1.82) is 0 Å². The Hall–Kier alpha value is -1.65. The van der Waals surface area contributed by atoms with Crippen LogP contribution in [0.3, 0.4) is 0 Å². The molecule has 6 nitrogen and oxygen atoms in total. The normalized spacial score (nSPS) is 18.9. The molecule has 0 aromatic heterocycles. The second kappa shape index (κ2) is 8.38. The van der Waals surface area contributed by atoms with Gasteiger partial charge in [0.2, 0.25) is 15.9 Å². The third-order valence-electron chi connectivity index (χ3n) is 5.26. The molecule has 1 aliphatic rings. The fourth-order valence-corrected chi connectivity index (χ4v) is 4.39. The van der Waals surface area contributed by atoms with E-state index in [-0.39, 0.29) is 30.4 Å². The quantitative estimate of drug-likeness (QED) is 0.762. The fourth-order valence-electron chi connectivity index (χ4n) is 3.32. The van der Waals surface area contributed by atoms with Gasteiger partial charge in [-0.3, -0.25) is 4.79 Å². The van der Waals surface area contributed by atoms with Gasteiger partial charge < -0.3 is 10.0 Å². The largest absolute Gasteiger partial charge is 0.421 e. The molecule has 10 heteroatoms. The van der Waals surface area contributed by atoms with Gasteiger partial charge in [-0.15, -0.1) is 0 Å². The van der Waals surface area contributed by atoms with Gasteiger partial charge in [-0.1, -0.05) is 30.3 Å². The first-order valence-corrected chi connectivity index (χ1v) is 10.6. The minimum absolute atomic E-state index is 0.0433. The summed E-state index contributed by atoms with van der Waals surface area (Å²) in [6.45, 7) is 1.80. The lowest BCUT2D eigenvalue weighted by atomic mass is 9.88. The number of carbonyl (C=O) groups is 1. The van der Waals surface area contributed by atoms with Gasteiger partial charge in [0, 0.05) is 26.2 Å². The standard InChI is InChI=1S/C18H25F3N2O4S/c1-3-28(26,27)22(2)15-9-11-23(12-10-15)16(24)13-17(25,18(19,20)21)14-7-5-4-6-8-14/h4-8,15,25H,3,9-13H2,1-2H3/t17-/m1/s1. The number of carbonyl (C=O) groups excluding carboxylic acids is 1. The van der Waals surface area contributed by atoms with Gasteiger partial charge in [0.05, 0.1) is 12.2 Å². The minimum Gasteiger partial charge on any atom is -0.376 e. The van der Waals surface area contributed by atoms with Crippen LogP contribution in [0.5, 0.6) is 0 Å². The smallest absolute Gasteiger partial charge is 0.376 e. The maximum Gasteiger partial charge on any atom is 0.421 e. The molecular weight excluding hydrogens is 397 g/mol. The van der Waals surface area contributed by atoms with Crippen molar-refractivity contribution in [3.8, 4) is 0 Å². The fraction of sp³-hybridized carbons (Fsp3) is 0.611. The number of hydrogen-bond donors (Lipinski definition) is 1. The van der Waals surface area contributed by atoms with Crippen LogP contribution in [0.15, 0.2) is 30.3 Å². The molecule has 1 aliphatic heterocycles. The highest BCUT2D eigenvalue weighted by Gasteiger charge is 2.56. The van der Waals surface area contributed by atoms with Gasteiger partial charge in [0.25, 0.3) is 0 Å². The Bertz CT molecular complexity index is 778. The topological polar surface area (TPSA) is 77.9 Å². The number of amides is 1. The van der Waals surface area contributed by atoms with Crippen LogP contribution in [-0.4, -0.2) is 66.7 Å². The highest BCUT2D eigenvalue weighted by molar-refractivity contribution is 7.89. The van der Waals surface area contributed by atoms with Crippen LogP contribution in [-0.2, 0) is 20.4 Å². The molecule has 2 rings (SSSR count). The van der Waals surface area contributed by atoms with E-state index in [1.165, 1.54) is 41.4 Å². The summed E-state index contributed by atoms with van der Waals surface area (Å²) in [7, 11) is -1.91. The molecule has 1 aromatic rings. The van der Waals surface area contributed by atoms with Crippen LogP contribution in [0, 0.1) is 0 Å². The summed E-state index contributed by atoms with van der Waals surface area (Å²) in [5, 5.41) is 10.3. The first kappa shape index (κ1) is 22.6. The van der Waals surface area contributed by atoms with Crippen LogP contribution in [0.4, 0.5) is 13.2 Å². The van der Waals surface area contributed by atoms with Gasteiger partial charge in [-0.05, 0) is 25.3 Å². The molecule has 1 atom stereocenters. The molecule has 0 bridgehead atoms. The Labute approximate surface area is 163 Å². The van der Waals surface area contributed by atoms with E-state index >= 15 is 0 Å². The summed E-state index contributed by atoms with van der Waals surface area (Å²) >= 11 is 0. The van der Waals surface area contributed by atoms with Gasteiger partial charge in [-0.25, -0.2) is 12.7 Å². The lowest BCUT2D eigenvalue weighted by Gasteiger charge is -2.38. The summed E-state index contributed by atoms with van der Waals surface area (Å²) in [4.78, 5) is 13.7. The van der Waals surface area contributed by atoms with Gasteiger partial charge >= 0.3 is 6.18 Å². The highest BCUT2D eigenvalue weighted by Crippen LogP contribution is 2.42. The second-order valence-electron chi connectivity index (χ2n) is 6.93. The zero-order valence-corrected chi connectivity index (χ0v) is 16.6. The van der Waals surface area contributed by atoms with Gasteiger partial charge in [-0.2, -0.15) is 13.2 Å². The summed E-state index contributed by atoms with van der Waals surface area (Å²) < 4.78 is 65.9. The predicted molar refractivity (Wildman–Crippen MR) is 97.8 cm³/mol. The number of benzene rings is 1. The Morgan fingerprint density at radius 3 is 2.21 bits per heavy atom. The SMILES string of the molecule is CCS(=O)(=O)N(C)C1CCN(C(=O)C[C@@](O)(c2ccccc2)C(F)(F)F)CC1. The monoisotopic (exact) mass is 422 g/mol. The third kappa shape index (κ3) is 4.66. The van der Waals surface area contributed by atoms with E-state index in [2.05, 4.69) is 0 Å². The molecule has 0 aliphatic carbocycles. The van der Waals surface area contributed by atoms with Crippen LogP contribution < -0.4 is 0 Å². The van der Waals surface area contributed by atoms with Crippen molar-refractivity contribution >= 4 is 15.9 Å². The lowest BCUT2D eigenvalue weighted by Crippen LogP contribution is -2.51. The zero-order chi connectivity index (χ0) is 21.2. The van der Waals surface area contributed by atoms with Crippen molar-refractivity contribution in [2.24, 2.45) is 0 Å². The van der Waals surface area contributed by atoms with Crippen molar-refractivity contribution in [2.45, 2.75) is 44.0 Å². The van der Waals surface area contributed by atoms with E-state index in [1.807, 2.05) is 0 Å². The molecule has 0 spiro atoms. The number of sulfonamides is 1. The number of halogens is 3. The molecule has 28 heavy (non-hydrogen) atoms. The number of piperidine rings is 1. The van der Waals surface area contributed by atoms with E-state index in [9.17, 15) is 31.5 Å². The van der Waals surface area contributed by atoms with Crippen molar-refractivity contribution in [3.63, 3.8) is 0 Å². The molecule has 1 heterocycles. The maximum absolute atomic E-state index is 13.6. The van der Waals surface area contributed by atoms with E-state index < -0.39 is 34.1 Å². The average molecular weight is 422 g/mol. The number of aliphatic hydroxyl groups is 1. The van der Waals surface area contributed by atoms with Gasteiger partial charge in [0.15, 0.2) is 5.60 Å². The number of rotatable bonds is 6. The van der Waals surface area contributed by atoms with Crippen LogP contribution in [0.1, 0.15) is 31.7 Å². The molecule has 0 radical (unpaired) electrons. The van der Waals surface area contributed by atoms with Crippen molar-refractivity contribution in [1.82, 2.24) is 9.21 Å². The molecule has 1 N–H and O–H groups in total. The number of likely N-dealkylation sites (tertiary alicyclic amines) is 1. The van der Waals surface area contributed by atoms with Crippen molar-refractivity contribution in [3.05, 3.63) is 35.9 Å². The zero-order valence-electron chi connectivity index (χ0n) is 15.8. The highest BCUT2D eigenvalue weighted by atomic mass is 32.2. The molecule has 1 amide bonds. The van der Waals surface area contributed by atoms with E-state index in [0.717, 1.165) is 12.1 Å². The number of hydrogen-bond acceptors (Lipinski definition) is 4. The Morgan fingerprint density at radius 2 is 1.75 bits per heavy atom. The predicted octanol–water partition coefficient (Wildman–Crippen LogP) is 2.10. The lowest BCUT2D eigenvalue weighted by molar-refractivity contribution is -0.268. The Kier molecular flexibility index (Phi) is 6.78. The molecule has 1 fully saturated rings. The van der Waals surface area contributed by atoms with Crippen molar-refractivity contribution < 1.29 is 31.5 Å². The molecule has 158 valence electrons. The summed E-state index contributed by atoms with van der Waals surface area (Å²) in [6, 6.07) is 6.23. The molecule has 1 saturated heterocycles. The van der Waals surface area contributed by atoms with Crippen molar-refractivity contribution in [2.75, 3.05) is 25.9 Å². The van der Waals surface area contributed by atoms with Crippen LogP contribution >= 0.6 is 0 Å². The Balaban J connectivity index is 2.09. The van der Waals surface area contributed by atoms with E-state index in [0.29, 0.717) is 12.8 Å². The molecule has 0 saturated carbocycles. The second-order valence-corrected chi connectivity index (χ2v) is 9.25. The maximum atomic E-state index is 13.6. The third-order valence-corrected chi connectivity index (χ3v) is 7.17. The molecule has 0 unspecified atom stereocenters. The first-order chi connectivity index (χ1) is 12.9. The average Bonchev–Trinajstić information content (AvgIpc) is 2.67. The van der Waals surface area contributed by atoms with Crippen LogP contribution in [0.25, 0.3) is 0 Å². The number of nitrogens with zero attached hydrogens (tertiary/aromatic N) is 2. The van der Waals surface area contributed by atoms with Crippen LogP contribution in [0.2, 0.25) is 0 Å².